The van der Waals surface area contributed by atoms with E-state index in [-0.39, 0.29) is 6.42 Å². The second-order valence-electron chi connectivity index (χ2n) is 5.40. The van der Waals surface area contributed by atoms with Crippen molar-refractivity contribution in [3.63, 3.8) is 0 Å². The van der Waals surface area contributed by atoms with Crippen LogP contribution in [0.1, 0.15) is 12.5 Å². The Balaban J connectivity index is 3.28. The number of hydrogen-bond donors (Lipinski definition) is 5. The molecule has 0 aliphatic carbocycles. The second-order valence-corrected chi connectivity index (χ2v) is 6.32. The van der Waals surface area contributed by atoms with Crippen LogP contribution in [0, 0.1) is 0 Å². The molecule has 1 rings (SSSR count). The zero-order chi connectivity index (χ0) is 16.5. The van der Waals surface area contributed by atoms with Crippen LogP contribution in [-0.2, 0) is 16.0 Å². The lowest BCUT2D eigenvalue weighted by Gasteiger charge is -2.48. The molecule has 0 fully saturated rings. The third kappa shape index (κ3) is 3.42. The number of ether oxygens (including phenoxy) is 1. The molecule has 0 saturated heterocycles. The molecule has 2 unspecified atom stereocenters. The average Bonchev–Trinajstić information content (AvgIpc) is 2.38. The van der Waals surface area contributed by atoms with Gasteiger partial charge in [0.1, 0.15) is 11.3 Å². The number of rotatable bonds is 5. The van der Waals surface area contributed by atoms with Crippen LogP contribution in [0.3, 0.4) is 0 Å². The molecular formula is C13H22BrN5O2. The third-order valence-electron chi connectivity index (χ3n) is 3.77. The van der Waals surface area contributed by atoms with Gasteiger partial charge in [-0.2, -0.15) is 0 Å². The van der Waals surface area contributed by atoms with E-state index in [1.54, 1.807) is 12.1 Å². The zero-order valence-electron chi connectivity index (χ0n) is 12.1. The Morgan fingerprint density at radius 2 is 1.62 bits per heavy atom. The van der Waals surface area contributed by atoms with Crippen LogP contribution in [0.2, 0.25) is 0 Å². The fourth-order valence-electron chi connectivity index (χ4n) is 1.96. The van der Waals surface area contributed by atoms with Gasteiger partial charge in [0.2, 0.25) is 0 Å². The first-order chi connectivity index (χ1) is 9.45. The summed E-state index contributed by atoms with van der Waals surface area (Å²) in [5.74, 6) is -2.60. The normalized spacial score (nSPS) is 17.7. The van der Waals surface area contributed by atoms with Gasteiger partial charge >= 0.3 is 5.97 Å². The first-order valence-corrected chi connectivity index (χ1v) is 7.02. The SMILES string of the molecule is COC(=O)C(N)(Cc1ccc(Br)cc1)C(C)(N)C(N)(N)N. The number of hydrogen-bond acceptors (Lipinski definition) is 7. The van der Waals surface area contributed by atoms with Crippen LogP contribution >= 0.6 is 15.9 Å². The quantitative estimate of drug-likeness (QED) is 0.337. The summed E-state index contributed by atoms with van der Waals surface area (Å²) in [6, 6.07) is 7.24. The first kappa shape index (κ1) is 18.0. The monoisotopic (exact) mass is 359 g/mol. The van der Waals surface area contributed by atoms with Gasteiger partial charge in [-0.3, -0.25) is 17.2 Å². The summed E-state index contributed by atoms with van der Waals surface area (Å²) in [4.78, 5) is 12.2. The van der Waals surface area contributed by atoms with Crippen molar-refractivity contribution < 1.29 is 9.53 Å². The second kappa shape index (κ2) is 5.99. The van der Waals surface area contributed by atoms with Crippen molar-refractivity contribution in [2.45, 2.75) is 30.2 Å². The van der Waals surface area contributed by atoms with Gasteiger partial charge in [0.05, 0.1) is 12.6 Å². The summed E-state index contributed by atoms with van der Waals surface area (Å²) < 4.78 is 5.67. The van der Waals surface area contributed by atoms with E-state index < -0.39 is 22.8 Å². The highest BCUT2D eigenvalue weighted by molar-refractivity contribution is 9.10. The van der Waals surface area contributed by atoms with Crippen molar-refractivity contribution in [3.05, 3.63) is 34.3 Å². The third-order valence-corrected chi connectivity index (χ3v) is 4.30. The smallest absolute Gasteiger partial charge is 0.328 e. The van der Waals surface area contributed by atoms with Crippen LogP contribution in [-0.4, -0.2) is 29.9 Å². The number of halogens is 1. The minimum absolute atomic E-state index is 0.0767. The molecule has 0 radical (unpaired) electrons. The minimum Gasteiger partial charge on any atom is -0.468 e. The largest absolute Gasteiger partial charge is 0.468 e. The van der Waals surface area contributed by atoms with Crippen molar-refractivity contribution in [2.24, 2.45) is 28.7 Å². The molecule has 0 bridgehead atoms. The molecule has 2 atom stereocenters. The molecule has 0 aliphatic heterocycles. The highest BCUT2D eigenvalue weighted by atomic mass is 79.9. The van der Waals surface area contributed by atoms with E-state index in [0.717, 1.165) is 10.0 Å². The average molecular weight is 360 g/mol. The van der Waals surface area contributed by atoms with E-state index in [9.17, 15) is 4.79 Å². The first-order valence-electron chi connectivity index (χ1n) is 6.23. The topological polar surface area (TPSA) is 156 Å². The summed E-state index contributed by atoms with van der Waals surface area (Å²) in [7, 11) is 1.22. The summed E-state index contributed by atoms with van der Waals surface area (Å²) in [6.45, 7) is 1.43. The van der Waals surface area contributed by atoms with Gasteiger partial charge in [-0.1, -0.05) is 28.1 Å². The van der Waals surface area contributed by atoms with Crippen LogP contribution < -0.4 is 28.7 Å². The maximum atomic E-state index is 12.2. The number of benzene rings is 1. The van der Waals surface area contributed by atoms with Crippen LogP contribution in [0.5, 0.6) is 0 Å². The lowest BCUT2D eigenvalue weighted by atomic mass is 9.71. The lowest BCUT2D eigenvalue weighted by Crippen LogP contribution is -2.87. The molecular weight excluding hydrogens is 338 g/mol. The molecule has 10 N–H and O–H groups in total. The Morgan fingerprint density at radius 3 is 2.00 bits per heavy atom. The fourth-order valence-corrected chi connectivity index (χ4v) is 2.22. The van der Waals surface area contributed by atoms with Crippen molar-refractivity contribution in [2.75, 3.05) is 7.11 Å². The molecule has 1 aromatic rings. The molecule has 118 valence electrons. The van der Waals surface area contributed by atoms with Crippen molar-refractivity contribution in [3.8, 4) is 0 Å². The highest BCUT2D eigenvalue weighted by Crippen LogP contribution is 2.28. The van der Waals surface area contributed by atoms with Crippen LogP contribution in [0.4, 0.5) is 0 Å². The maximum absolute atomic E-state index is 12.2. The highest BCUT2D eigenvalue weighted by Gasteiger charge is 2.57. The summed E-state index contributed by atoms with van der Waals surface area (Å²) in [6.07, 6.45) is 0.0767. The molecule has 0 saturated carbocycles. The molecule has 21 heavy (non-hydrogen) atoms. The standard InChI is InChI=1S/C13H22BrN5O2/c1-11(15,13(17,18)19)12(16,10(20)21-2)7-8-3-5-9(14)6-4-8/h3-6H,7,15-19H2,1-2H3. The Kier molecular flexibility index (Phi) is 5.14. The number of esters is 1. The molecule has 0 aliphatic rings. The molecule has 0 amide bonds. The Morgan fingerprint density at radius 1 is 1.14 bits per heavy atom. The number of carbonyl (C=O) groups is 1. The van der Waals surface area contributed by atoms with Crippen LogP contribution in [0.25, 0.3) is 0 Å². The predicted octanol–water partition coefficient (Wildman–Crippen LogP) is -0.891. The van der Waals surface area contributed by atoms with Gasteiger partial charge in [0.15, 0.2) is 0 Å². The van der Waals surface area contributed by atoms with E-state index in [4.69, 9.17) is 33.4 Å². The summed E-state index contributed by atoms with van der Waals surface area (Å²) in [5, 5.41) is 0. The van der Waals surface area contributed by atoms with E-state index in [1.165, 1.54) is 14.0 Å². The van der Waals surface area contributed by atoms with Crippen molar-refractivity contribution in [1.82, 2.24) is 0 Å². The number of carbonyl (C=O) groups excluding carboxylic acids is 1. The molecule has 0 spiro atoms. The van der Waals surface area contributed by atoms with Gasteiger partial charge in [-0.25, -0.2) is 4.79 Å². The number of nitrogens with two attached hydrogens (primary N) is 5. The van der Waals surface area contributed by atoms with E-state index in [1.807, 2.05) is 12.1 Å². The van der Waals surface area contributed by atoms with Gasteiger partial charge in [-0.05, 0) is 24.6 Å². The fraction of sp³-hybridized carbons (Fsp3) is 0.462. The zero-order valence-corrected chi connectivity index (χ0v) is 13.7. The van der Waals surface area contributed by atoms with Gasteiger partial charge in [0.25, 0.3) is 0 Å². The predicted molar refractivity (Wildman–Crippen MR) is 84.7 cm³/mol. The van der Waals surface area contributed by atoms with Gasteiger partial charge in [0, 0.05) is 10.9 Å². The van der Waals surface area contributed by atoms with Gasteiger partial charge in [-0.15, -0.1) is 0 Å². The van der Waals surface area contributed by atoms with Crippen molar-refractivity contribution >= 4 is 21.9 Å². The Bertz CT molecular complexity index is 512. The Labute approximate surface area is 132 Å². The summed E-state index contributed by atoms with van der Waals surface area (Å²) >= 11 is 3.33. The lowest BCUT2D eigenvalue weighted by molar-refractivity contribution is -0.151. The minimum atomic E-state index is -1.87. The Hall–Kier alpha value is -1.03. The molecule has 0 aromatic heterocycles. The molecule has 7 nitrogen and oxygen atoms in total. The van der Waals surface area contributed by atoms with Crippen LogP contribution in [0.15, 0.2) is 28.7 Å². The van der Waals surface area contributed by atoms with E-state index >= 15 is 0 Å². The van der Waals surface area contributed by atoms with E-state index in [0.29, 0.717) is 0 Å². The molecule has 0 heterocycles. The maximum Gasteiger partial charge on any atom is 0.328 e. The molecule has 8 heteroatoms. The molecule has 1 aromatic carbocycles. The van der Waals surface area contributed by atoms with E-state index in [2.05, 4.69) is 15.9 Å². The number of methoxy groups -OCH3 is 1. The summed E-state index contributed by atoms with van der Waals surface area (Å²) in [5.41, 5.74) is 26.9. The van der Waals surface area contributed by atoms with Crippen molar-refractivity contribution in [1.29, 1.82) is 0 Å². The van der Waals surface area contributed by atoms with Gasteiger partial charge < -0.3 is 16.2 Å².